The van der Waals surface area contributed by atoms with Crippen molar-refractivity contribution in [2.45, 2.75) is 44.9 Å². The molecule has 0 N–H and O–H groups in total. The number of piperidine rings is 1. The Kier molecular flexibility index (Phi) is 4.26. The Morgan fingerprint density at radius 1 is 1.23 bits per heavy atom. The van der Waals surface area contributed by atoms with E-state index < -0.39 is 0 Å². The first-order chi connectivity index (χ1) is 12.4. The van der Waals surface area contributed by atoms with E-state index in [9.17, 15) is 4.79 Å². The van der Waals surface area contributed by atoms with Crippen molar-refractivity contribution in [1.29, 1.82) is 0 Å². The number of amides is 1. The molecule has 0 aliphatic carbocycles. The van der Waals surface area contributed by atoms with Gasteiger partial charge in [0.25, 0.3) is 5.91 Å². The Labute approximate surface area is 156 Å². The van der Waals surface area contributed by atoms with Crippen LogP contribution < -0.4 is 0 Å². The van der Waals surface area contributed by atoms with Gasteiger partial charge >= 0.3 is 0 Å². The lowest BCUT2D eigenvalue weighted by Crippen LogP contribution is -2.38. The van der Waals surface area contributed by atoms with Gasteiger partial charge in [-0.1, -0.05) is 20.8 Å². The highest BCUT2D eigenvalue weighted by atomic mass is 32.1. The number of likely N-dealkylation sites (tertiary alicyclic amines) is 1. The zero-order chi connectivity index (χ0) is 18.3. The van der Waals surface area contributed by atoms with Crippen molar-refractivity contribution >= 4 is 22.9 Å². The van der Waals surface area contributed by atoms with E-state index in [2.05, 4.69) is 36.3 Å². The molecule has 0 aromatic carbocycles. The summed E-state index contributed by atoms with van der Waals surface area (Å²) in [7, 11) is 0. The second kappa shape index (κ2) is 6.46. The number of aromatic nitrogens is 4. The molecule has 3 aromatic heterocycles. The van der Waals surface area contributed by atoms with E-state index >= 15 is 0 Å². The van der Waals surface area contributed by atoms with Crippen molar-refractivity contribution in [2.24, 2.45) is 0 Å². The van der Waals surface area contributed by atoms with Gasteiger partial charge in [-0.05, 0) is 25.0 Å². The Balaban J connectivity index is 1.42. The van der Waals surface area contributed by atoms with Crippen LogP contribution in [0.5, 0.6) is 0 Å². The van der Waals surface area contributed by atoms with Crippen LogP contribution in [0.2, 0.25) is 0 Å². The summed E-state index contributed by atoms with van der Waals surface area (Å²) in [6.07, 6.45) is 5.36. The molecule has 0 radical (unpaired) electrons. The Morgan fingerprint density at radius 2 is 2.00 bits per heavy atom. The average molecular weight is 369 g/mol. The maximum atomic E-state index is 12.8. The van der Waals surface area contributed by atoms with Crippen LogP contribution in [-0.2, 0) is 5.41 Å². The number of hydrogen-bond acceptors (Lipinski definition) is 5. The van der Waals surface area contributed by atoms with Crippen molar-refractivity contribution in [1.82, 2.24) is 24.5 Å². The molecule has 1 aliphatic heterocycles. The normalized spacial score (nSPS) is 16.3. The molecule has 3 aromatic rings. The van der Waals surface area contributed by atoms with Crippen molar-refractivity contribution in [3.63, 3.8) is 0 Å². The minimum atomic E-state index is 0.0774. The lowest BCUT2D eigenvalue weighted by atomic mass is 9.93. The minimum absolute atomic E-state index is 0.0774. The summed E-state index contributed by atoms with van der Waals surface area (Å²) >= 11 is 1.76. The summed E-state index contributed by atoms with van der Waals surface area (Å²) in [5.74, 6) is 0.536. The summed E-state index contributed by atoms with van der Waals surface area (Å²) in [5, 5.41) is 11.2. The third kappa shape index (κ3) is 3.23. The Morgan fingerprint density at radius 3 is 2.69 bits per heavy atom. The van der Waals surface area contributed by atoms with E-state index in [4.69, 9.17) is 4.98 Å². The van der Waals surface area contributed by atoms with E-state index in [1.54, 1.807) is 28.3 Å². The second-order valence-corrected chi connectivity index (χ2v) is 8.79. The molecule has 6 nitrogen and oxygen atoms in total. The minimum Gasteiger partial charge on any atom is -0.339 e. The summed E-state index contributed by atoms with van der Waals surface area (Å²) in [4.78, 5) is 19.6. The third-order valence-electron chi connectivity index (χ3n) is 4.96. The van der Waals surface area contributed by atoms with E-state index in [1.807, 2.05) is 17.0 Å². The predicted molar refractivity (Wildman–Crippen MR) is 102 cm³/mol. The topological polar surface area (TPSA) is 63.4 Å². The second-order valence-electron chi connectivity index (χ2n) is 7.90. The molecule has 0 saturated carbocycles. The van der Waals surface area contributed by atoms with Gasteiger partial charge in [-0.3, -0.25) is 9.20 Å². The molecule has 4 heterocycles. The SMILES string of the molecule is CC(C)(C)c1csc(C2CCN(C(=O)c3ccc4nncn4c3)CC2)n1. The first-order valence-corrected chi connectivity index (χ1v) is 9.84. The Hall–Kier alpha value is -2.28. The fourth-order valence-corrected chi connectivity index (χ4v) is 4.50. The van der Waals surface area contributed by atoms with Crippen LogP contribution in [0.3, 0.4) is 0 Å². The number of carbonyl (C=O) groups is 1. The highest BCUT2D eigenvalue weighted by Crippen LogP contribution is 2.33. The van der Waals surface area contributed by atoms with Gasteiger partial charge in [-0.15, -0.1) is 21.5 Å². The van der Waals surface area contributed by atoms with Crippen molar-refractivity contribution in [2.75, 3.05) is 13.1 Å². The summed E-state index contributed by atoms with van der Waals surface area (Å²) in [6.45, 7) is 8.13. The van der Waals surface area contributed by atoms with Crippen molar-refractivity contribution in [3.8, 4) is 0 Å². The van der Waals surface area contributed by atoms with Gasteiger partial charge < -0.3 is 4.90 Å². The smallest absolute Gasteiger partial charge is 0.255 e. The average Bonchev–Trinajstić information content (AvgIpc) is 3.29. The predicted octanol–water partition coefficient (Wildman–Crippen LogP) is 3.50. The van der Waals surface area contributed by atoms with Gasteiger partial charge in [0.15, 0.2) is 5.65 Å². The van der Waals surface area contributed by atoms with Gasteiger partial charge in [-0.2, -0.15) is 0 Å². The molecule has 0 bridgehead atoms. The Bertz CT molecular complexity index is 931. The third-order valence-corrected chi connectivity index (χ3v) is 5.97. The van der Waals surface area contributed by atoms with E-state index in [-0.39, 0.29) is 11.3 Å². The zero-order valence-corrected chi connectivity index (χ0v) is 16.2. The van der Waals surface area contributed by atoms with E-state index in [1.165, 1.54) is 10.7 Å². The first kappa shape index (κ1) is 17.1. The number of rotatable bonds is 2. The number of thiazole rings is 1. The fraction of sp³-hybridized carbons (Fsp3) is 0.474. The molecule has 1 saturated heterocycles. The van der Waals surface area contributed by atoms with Gasteiger partial charge in [0, 0.05) is 36.0 Å². The van der Waals surface area contributed by atoms with Crippen LogP contribution in [0.25, 0.3) is 5.65 Å². The molecule has 0 atom stereocenters. The monoisotopic (exact) mass is 369 g/mol. The lowest BCUT2D eigenvalue weighted by Gasteiger charge is -2.31. The van der Waals surface area contributed by atoms with Crippen LogP contribution in [0.15, 0.2) is 30.0 Å². The van der Waals surface area contributed by atoms with Crippen LogP contribution >= 0.6 is 11.3 Å². The molecule has 26 heavy (non-hydrogen) atoms. The standard InChI is InChI=1S/C19H23N5OS/c1-19(2,3)15-11-26-17(21-15)13-6-8-23(9-7-13)18(25)14-4-5-16-22-20-12-24(16)10-14/h4-5,10-13H,6-9H2,1-3H3. The number of nitrogens with zero attached hydrogens (tertiary/aromatic N) is 5. The van der Waals surface area contributed by atoms with Crippen LogP contribution in [0, 0.1) is 0 Å². The van der Waals surface area contributed by atoms with Crippen LogP contribution in [0.4, 0.5) is 0 Å². The van der Waals surface area contributed by atoms with Gasteiger partial charge in [0.1, 0.15) is 6.33 Å². The molecule has 0 unspecified atom stereocenters. The highest BCUT2D eigenvalue weighted by Gasteiger charge is 2.27. The molecule has 4 rings (SSSR count). The molecule has 136 valence electrons. The first-order valence-electron chi connectivity index (χ1n) is 8.96. The van der Waals surface area contributed by atoms with Crippen molar-refractivity contribution in [3.05, 3.63) is 46.3 Å². The molecule has 0 spiro atoms. The highest BCUT2D eigenvalue weighted by molar-refractivity contribution is 7.09. The quantitative estimate of drug-likeness (QED) is 0.693. The molecule has 1 amide bonds. The number of hydrogen-bond donors (Lipinski definition) is 0. The maximum absolute atomic E-state index is 12.8. The molecular weight excluding hydrogens is 346 g/mol. The van der Waals surface area contributed by atoms with Crippen LogP contribution in [-0.4, -0.2) is 43.5 Å². The molecule has 7 heteroatoms. The lowest BCUT2D eigenvalue weighted by molar-refractivity contribution is 0.0712. The number of pyridine rings is 1. The summed E-state index contributed by atoms with van der Waals surface area (Å²) < 4.78 is 1.78. The molecule has 1 fully saturated rings. The van der Waals surface area contributed by atoms with Crippen molar-refractivity contribution < 1.29 is 4.79 Å². The van der Waals surface area contributed by atoms with E-state index in [0.29, 0.717) is 11.5 Å². The molecule has 1 aliphatic rings. The van der Waals surface area contributed by atoms with Gasteiger partial charge in [0.2, 0.25) is 0 Å². The largest absolute Gasteiger partial charge is 0.339 e. The fourth-order valence-electron chi connectivity index (χ4n) is 3.29. The van der Waals surface area contributed by atoms with Gasteiger partial charge in [-0.25, -0.2) is 4.98 Å². The number of fused-ring (bicyclic) bond motifs is 1. The van der Waals surface area contributed by atoms with Crippen LogP contribution in [0.1, 0.15) is 60.6 Å². The summed E-state index contributed by atoms with van der Waals surface area (Å²) in [6, 6.07) is 3.66. The number of carbonyl (C=O) groups excluding carboxylic acids is 1. The van der Waals surface area contributed by atoms with E-state index in [0.717, 1.165) is 31.6 Å². The maximum Gasteiger partial charge on any atom is 0.255 e. The zero-order valence-electron chi connectivity index (χ0n) is 15.3. The van der Waals surface area contributed by atoms with Gasteiger partial charge in [0.05, 0.1) is 16.3 Å². The molecular formula is C19H23N5OS. The summed E-state index contributed by atoms with van der Waals surface area (Å²) in [5.41, 5.74) is 2.68.